The molecular weight excluding hydrogens is 284 g/mol. The zero-order valence-electron chi connectivity index (χ0n) is 11.3. The van der Waals surface area contributed by atoms with E-state index in [1.807, 2.05) is 47.9 Å². The molecule has 5 heteroatoms. The van der Waals surface area contributed by atoms with Crippen LogP contribution in [0.25, 0.3) is 5.52 Å². The van der Waals surface area contributed by atoms with Gasteiger partial charge in [-0.1, -0.05) is 24.3 Å². The number of fused-ring (bicyclic) bond motifs is 2. The summed E-state index contributed by atoms with van der Waals surface area (Å²) in [6, 6.07) is 14.9. The molecule has 1 aliphatic heterocycles. The zero-order chi connectivity index (χ0) is 14.6. The minimum absolute atomic E-state index is 0.283. The van der Waals surface area contributed by atoms with Crippen LogP contribution < -0.4 is 0 Å². The lowest BCUT2D eigenvalue weighted by Gasteiger charge is -2.05. The summed E-state index contributed by atoms with van der Waals surface area (Å²) in [5.41, 5.74) is 4.05. The van der Waals surface area contributed by atoms with Gasteiger partial charge in [0.15, 0.2) is 0 Å². The second kappa shape index (κ2) is 4.05. The van der Waals surface area contributed by atoms with Crippen LogP contribution in [0.15, 0.2) is 64.0 Å². The number of aryl methyl sites for hydroxylation is 1. The number of hydrogen-bond donors (Lipinski definition) is 0. The van der Waals surface area contributed by atoms with Crippen LogP contribution >= 0.6 is 0 Å². The molecule has 0 amide bonds. The molecule has 21 heavy (non-hydrogen) atoms. The first-order chi connectivity index (χ1) is 10.1. The number of hydrogen-bond acceptors (Lipinski definition) is 2. The van der Waals surface area contributed by atoms with Gasteiger partial charge in [0.05, 0.1) is 10.6 Å². The third-order valence-electron chi connectivity index (χ3n) is 3.73. The molecule has 0 saturated heterocycles. The molecular formula is C16H12N2O2S. The van der Waals surface area contributed by atoms with Gasteiger partial charge in [-0.25, -0.2) is 0 Å². The Bertz CT molecular complexity index is 1010. The first-order valence-electron chi connectivity index (χ1n) is 6.59. The molecule has 3 heterocycles. The van der Waals surface area contributed by atoms with Crippen molar-refractivity contribution in [3.05, 3.63) is 71.5 Å². The van der Waals surface area contributed by atoms with Gasteiger partial charge in [0.1, 0.15) is 5.71 Å². The molecule has 4 nitrogen and oxygen atoms in total. The van der Waals surface area contributed by atoms with Crippen molar-refractivity contribution < 1.29 is 8.42 Å². The molecule has 1 aliphatic rings. The van der Waals surface area contributed by atoms with Crippen molar-refractivity contribution in [2.45, 2.75) is 11.8 Å². The SMILES string of the molecule is Cc1cc2ccccn2c1C1=NS(=O)(=O)c2ccccc21. The van der Waals surface area contributed by atoms with E-state index in [2.05, 4.69) is 4.40 Å². The summed E-state index contributed by atoms with van der Waals surface area (Å²) in [7, 11) is -3.59. The van der Waals surface area contributed by atoms with Crippen LogP contribution in [0.2, 0.25) is 0 Å². The van der Waals surface area contributed by atoms with Crippen molar-refractivity contribution in [1.82, 2.24) is 4.40 Å². The van der Waals surface area contributed by atoms with Crippen LogP contribution in [-0.4, -0.2) is 18.5 Å². The Morgan fingerprint density at radius 1 is 1.05 bits per heavy atom. The van der Waals surface area contributed by atoms with Crippen LogP contribution in [0.5, 0.6) is 0 Å². The standard InChI is InChI=1S/C16H12N2O2S/c1-11-10-12-6-4-5-9-18(12)16(11)15-13-7-2-3-8-14(13)21(19,20)17-15/h2-10H,1H3. The molecule has 0 spiro atoms. The Morgan fingerprint density at radius 2 is 1.81 bits per heavy atom. The van der Waals surface area contributed by atoms with Crippen LogP contribution in [-0.2, 0) is 10.0 Å². The van der Waals surface area contributed by atoms with E-state index in [1.165, 1.54) is 0 Å². The van der Waals surface area contributed by atoms with Crippen molar-refractivity contribution >= 4 is 21.3 Å². The fraction of sp³-hybridized carbons (Fsp3) is 0.0625. The zero-order valence-corrected chi connectivity index (χ0v) is 12.1. The molecule has 2 aromatic heterocycles. The van der Waals surface area contributed by atoms with Crippen LogP contribution in [0.1, 0.15) is 16.8 Å². The molecule has 0 atom stereocenters. The first kappa shape index (κ1) is 12.3. The third-order valence-corrected chi connectivity index (χ3v) is 5.06. The van der Waals surface area contributed by atoms with Crippen molar-refractivity contribution in [2.24, 2.45) is 4.40 Å². The maximum absolute atomic E-state index is 12.2. The summed E-state index contributed by atoms with van der Waals surface area (Å²) < 4.78 is 30.4. The highest BCUT2D eigenvalue weighted by atomic mass is 32.2. The average molecular weight is 296 g/mol. The van der Waals surface area contributed by atoms with Gasteiger partial charge in [-0.2, -0.15) is 12.8 Å². The van der Waals surface area contributed by atoms with Gasteiger partial charge < -0.3 is 4.40 Å². The minimum Gasteiger partial charge on any atom is -0.315 e. The van der Waals surface area contributed by atoms with Gasteiger partial charge in [-0.05, 0) is 36.8 Å². The van der Waals surface area contributed by atoms with Gasteiger partial charge in [0.2, 0.25) is 0 Å². The average Bonchev–Trinajstić information content (AvgIpc) is 2.93. The predicted octanol–water partition coefficient (Wildman–Crippen LogP) is 2.79. The topological polar surface area (TPSA) is 50.9 Å². The fourth-order valence-electron chi connectivity index (χ4n) is 2.84. The Hall–Kier alpha value is -2.40. The van der Waals surface area contributed by atoms with E-state index in [-0.39, 0.29) is 4.90 Å². The molecule has 0 fully saturated rings. The van der Waals surface area contributed by atoms with Gasteiger partial charge >= 0.3 is 0 Å². The van der Waals surface area contributed by atoms with Crippen LogP contribution in [0.3, 0.4) is 0 Å². The predicted molar refractivity (Wildman–Crippen MR) is 81.4 cm³/mol. The largest absolute Gasteiger partial charge is 0.315 e. The number of benzene rings is 1. The van der Waals surface area contributed by atoms with Gasteiger partial charge in [-0.15, -0.1) is 0 Å². The Kier molecular flexibility index (Phi) is 2.38. The van der Waals surface area contributed by atoms with Gasteiger partial charge in [-0.3, -0.25) is 0 Å². The van der Waals surface area contributed by atoms with E-state index in [1.54, 1.807) is 18.2 Å². The molecule has 0 unspecified atom stereocenters. The number of sulfonamides is 1. The van der Waals surface area contributed by atoms with Gasteiger partial charge in [0, 0.05) is 17.3 Å². The van der Waals surface area contributed by atoms with Crippen LogP contribution in [0, 0.1) is 6.92 Å². The number of rotatable bonds is 1. The number of aromatic nitrogens is 1. The molecule has 3 aromatic rings. The number of nitrogens with zero attached hydrogens (tertiary/aromatic N) is 2. The molecule has 0 saturated carbocycles. The summed E-state index contributed by atoms with van der Waals surface area (Å²) >= 11 is 0. The van der Waals surface area contributed by atoms with E-state index < -0.39 is 10.0 Å². The molecule has 0 N–H and O–H groups in total. The molecule has 0 radical (unpaired) electrons. The van der Waals surface area contributed by atoms with Crippen molar-refractivity contribution in [3.63, 3.8) is 0 Å². The fourth-order valence-corrected chi connectivity index (χ4v) is 4.05. The summed E-state index contributed by atoms with van der Waals surface area (Å²) in [5.74, 6) is 0. The van der Waals surface area contributed by atoms with Gasteiger partial charge in [0.25, 0.3) is 10.0 Å². The van der Waals surface area contributed by atoms with E-state index in [0.29, 0.717) is 11.3 Å². The highest BCUT2D eigenvalue weighted by Gasteiger charge is 2.31. The number of pyridine rings is 1. The normalized spacial score (nSPS) is 16.0. The van der Waals surface area contributed by atoms with E-state index in [9.17, 15) is 8.42 Å². The molecule has 104 valence electrons. The van der Waals surface area contributed by atoms with E-state index in [0.717, 1.165) is 16.8 Å². The second-order valence-electron chi connectivity index (χ2n) is 5.08. The smallest absolute Gasteiger partial charge is 0.283 e. The lowest BCUT2D eigenvalue weighted by Crippen LogP contribution is -2.06. The monoisotopic (exact) mass is 296 g/mol. The Morgan fingerprint density at radius 3 is 2.67 bits per heavy atom. The summed E-state index contributed by atoms with van der Waals surface area (Å²) in [6.45, 7) is 1.97. The lowest BCUT2D eigenvalue weighted by molar-refractivity contribution is 0.599. The molecule has 4 rings (SSSR count). The summed E-state index contributed by atoms with van der Waals surface area (Å²) in [4.78, 5) is 0.283. The van der Waals surface area contributed by atoms with E-state index >= 15 is 0 Å². The Labute approximate surface area is 122 Å². The maximum atomic E-state index is 12.2. The summed E-state index contributed by atoms with van der Waals surface area (Å²) in [6.07, 6.45) is 1.92. The lowest BCUT2D eigenvalue weighted by atomic mass is 10.1. The second-order valence-corrected chi connectivity index (χ2v) is 6.66. The minimum atomic E-state index is -3.59. The maximum Gasteiger partial charge on any atom is 0.283 e. The molecule has 0 aliphatic carbocycles. The highest BCUT2D eigenvalue weighted by molar-refractivity contribution is 7.90. The van der Waals surface area contributed by atoms with Crippen molar-refractivity contribution in [2.75, 3.05) is 0 Å². The van der Waals surface area contributed by atoms with Crippen molar-refractivity contribution in [3.8, 4) is 0 Å². The quantitative estimate of drug-likeness (QED) is 0.693. The molecule has 1 aromatic carbocycles. The highest BCUT2D eigenvalue weighted by Crippen LogP contribution is 2.31. The first-order valence-corrected chi connectivity index (χ1v) is 8.03. The van der Waals surface area contributed by atoms with E-state index in [4.69, 9.17) is 0 Å². The van der Waals surface area contributed by atoms with Crippen LogP contribution in [0.4, 0.5) is 0 Å². The molecule has 0 bridgehead atoms. The Balaban J connectivity index is 2.10. The third kappa shape index (κ3) is 1.67. The summed E-state index contributed by atoms with van der Waals surface area (Å²) in [5, 5.41) is 0. The van der Waals surface area contributed by atoms with Crippen molar-refractivity contribution in [1.29, 1.82) is 0 Å².